The first-order valence-corrected chi connectivity index (χ1v) is 7.74. The number of carbonyl (C=O) groups excluding carboxylic acids is 1. The third-order valence-corrected chi connectivity index (χ3v) is 3.70. The summed E-state index contributed by atoms with van der Waals surface area (Å²) in [4.78, 5) is 16.2. The fourth-order valence-corrected chi connectivity index (χ4v) is 2.52. The van der Waals surface area contributed by atoms with E-state index in [1.165, 1.54) is 6.42 Å². The highest BCUT2D eigenvalue weighted by Gasteiger charge is 2.14. The topological polar surface area (TPSA) is 71.3 Å². The maximum Gasteiger partial charge on any atom is 0.234 e. The van der Waals surface area contributed by atoms with E-state index in [-0.39, 0.29) is 5.91 Å². The summed E-state index contributed by atoms with van der Waals surface area (Å²) in [6, 6.07) is 9.65. The van der Waals surface area contributed by atoms with Crippen molar-refractivity contribution in [2.75, 3.05) is 13.1 Å². The maximum atomic E-state index is 11.9. The number of rotatable bonds is 5. The molecule has 22 heavy (non-hydrogen) atoms. The van der Waals surface area contributed by atoms with E-state index >= 15 is 0 Å². The van der Waals surface area contributed by atoms with Gasteiger partial charge in [0.05, 0.1) is 0 Å². The van der Waals surface area contributed by atoms with Gasteiger partial charge in [-0.3, -0.25) is 10.2 Å². The lowest BCUT2D eigenvalue weighted by Gasteiger charge is -2.26. The summed E-state index contributed by atoms with van der Waals surface area (Å²) in [5.74, 6) is 1.06. The van der Waals surface area contributed by atoms with Crippen LogP contribution < -0.4 is 5.43 Å². The second-order valence-electron chi connectivity index (χ2n) is 5.46. The molecule has 1 amide bonds. The number of benzene rings is 1. The molecule has 1 N–H and O–H groups in total. The summed E-state index contributed by atoms with van der Waals surface area (Å²) in [5.41, 5.74) is 3.84. The largest absolute Gasteiger partial charge is 0.339 e. The van der Waals surface area contributed by atoms with E-state index in [0.717, 1.165) is 31.5 Å². The van der Waals surface area contributed by atoms with Gasteiger partial charge in [0.25, 0.3) is 0 Å². The highest BCUT2D eigenvalue weighted by molar-refractivity contribution is 5.75. The number of nitrogens with one attached hydrogen (secondary N) is 1. The molecule has 6 nitrogen and oxygen atoms in total. The lowest BCUT2D eigenvalue weighted by Crippen LogP contribution is -2.45. The van der Waals surface area contributed by atoms with Crippen LogP contribution in [0, 0.1) is 0 Å². The van der Waals surface area contributed by atoms with E-state index in [4.69, 9.17) is 4.52 Å². The van der Waals surface area contributed by atoms with Crippen molar-refractivity contribution in [1.29, 1.82) is 0 Å². The van der Waals surface area contributed by atoms with Gasteiger partial charge >= 0.3 is 0 Å². The molecule has 2 heterocycles. The predicted molar refractivity (Wildman–Crippen MR) is 81.6 cm³/mol. The average Bonchev–Trinajstić information content (AvgIpc) is 3.04. The minimum absolute atomic E-state index is 0.00126. The molecule has 1 fully saturated rings. The molecule has 1 aromatic carbocycles. The van der Waals surface area contributed by atoms with Gasteiger partial charge in [-0.1, -0.05) is 41.9 Å². The smallest absolute Gasteiger partial charge is 0.234 e. The van der Waals surface area contributed by atoms with Crippen LogP contribution in [0.1, 0.15) is 31.6 Å². The first-order valence-electron chi connectivity index (χ1n) is 7.74. The van der Waals surface area contributed by atoms with Gasteiger partial charge in [-0.05, 0) is 12.8 Å². The summed E-state index contributed by atoms with van der Waals surface area (Å²) < 4.78 is 5.20. The lowest BCUT2D eigenvalue weighted by atomic mass is 10.2. The number of hydrazine groups is 1. The van der Waals surface area contributed by atoms with Gasteiger partial charge in [0.1, 0.15) is 0 Å². The molecular formula is C16H20N4O2. The Kier molecular flexibility index (Phi) is 4.80. The molecule has 0 spiro atoms. The molecule has 2 aromatic rings. The summed E-state index contributed by atoms with van der Waals surface area (Å²) in [5, 5.41) is 5.95. The molecule has 0 bridgehead atoms. The Morgan fingerprint density at radius 1 is 1.18 bits per heavy atom. The highest BCUT2D eigenvalue weighted by Crippen LogP contribution is 2.15. The molecular weight excluding hydrogens is 280 g/mol. The van der Waals surface area contributed by atoms with Crippen LogP contribution in [-0.2, 0) is 11.2 Å². The van der Waals surface area contributed by atoms with Crippen molar-refractivity contribution in [1.82, 2.24) is 20.6 Å². The first-order chi connectivity index (χ1) is 10.8. The van der Waals surface area contributed by atoms with Crippen LogP contribution in [0.5, 0.6) is 0 Å². The Bertz CT molecular complexity index is 606. The van der Waals surface area contributed by atoms with Crippen LogP contribution in [0.2, 0.25) is 0 Å². The SMILES string of the molecule is O=C(CCc1nc(-c2ccccc2)no1)NN1CCCCC1. The average molecular weight is 300 g/mol. The zero-order chi connectivity index (χ0) is 15.2. The van der Waals surface area contributed by atoms with Gasteiger partial charge in [-0.15, -0.1) is 0 Å². The minimum Gasteiger partial charge on any atom is -0.339 e. The summed E-state index contributed by atoms with van der Waals surface area (Å²) in [6.07, 6.45) is 4.35. The van der Waals surface area contributed by atoms with E-state index in [9.17, 15) is 4.79 Å². The van der Waals surface area contributed by atoms with Crippen molar-refractivity contribution < 1.29 is 9.32 Å². The number of nitrogens with zero attached hydrogens (tertiary/aromatic N) is 3. The molecule has 0 atom stereocenters. The summed E-state index contributed by atoms with van der Waals surface area (Å²) >= 11 is 0. The molecule has 116 valence electrons. The molecule has 1 saturated heterocycles. The Balaban J connectivity index is 1.49. The van der Waals surface area contributed by atoms with Crippen molar-refractivity contribution in [3.05, 3.63) is 36.2 Å². The molecule has 0 saturated carbocycles. The molecule has 0 aliphatic carbocycles. The Labute approximate surface area is 129 Å². The van der Waals surface area contributed by atoms with E-state index in [1.54, 1.807) is 0 Å². The standard InChI is InChI=1S/C16H20N4O2/c21-14(18-20-11-5-2-6-12-20)9-10-15-17-16(19-22-15)13-7-3-1-4-8-13/h1,3-4,7-8H,2,5-6,9-12H2,(H,18,21). The van der Waals surface area contributed by atoms with Crippen molar-refractivity contribution >= 4 is 5.91 Å². The number of carbonyl (C=O) groups is 1. The van der Waals surface area contributed by atoms with E-state index < -0.39 is 0 Å². The lowest BCUT2D eigenvalue weighted by molar-refractivity contribution is -0.126. The highest BCUT2D eigenvalue weighted by atomic mass is 16.5. The molecule has 1 aromatic heterocycles. The predicted octanol–water partition coefficient (Wildman–Crippen LogP) is 2.19. The van der Waals surface area contributed by atoms with Crippen molar-refractivity contribution in [2.45, 2.75) is 32.1 Å². The fraction of sp³-hybridized carbons (Fsp3) is 0.438. The van der Waals surface area contributed by atoms with Crippen LogP contribution in [0.15, 0.2) is 34.9 Å². The van der Waals surface area contributed by atoms with E-state index in [0.29, 0.717) is 24.6 Å². The van der Waals surface area contributed by atoms with Gasteiger partial charge in [0.15, 0.2) is 0 Å². The Morgan fingerprint density at radius 2 is 1.95 bits per heavy atom. The molecule has 6 heteroatoms. The van der Waals surface area contributed by atoms with Crippen LogP contribution in [0.25, 0.3) is 11.4 Å². The van der Waals surface area contributed by atoms with Crippen molar-refractivity contribution in [3.63, 3.8) is 0 Å². The van der Waals surface area contributed by atoms with Crippen molar-refractivity contribution in [3.8, 4) is 11.4 Å². The number of hydrogen-bond donors (Lipinski definition) is 1. The number of aryl methyl sites for hydroxylation is 1. The molecule has 1 aliphatic heterocycles. The van der Waals surface area contributed by atoms with Crippen molar-refractivity contribution in [2.24, 2.45) is 0 Å². The van der Waals surface area contributed by atoms with E-state index in [1.807, 2.05) is 35.3 Å². The zero-order valence-electron chi connectivity index (χ0n) is 12.5. The number of piperidine rings is 1. The third kappa shape index (κ3) is 3.92. The van der Waals surface area contributed by atoms with Crippen LogP contribution >= 0.6 is 0 Å². The second kappa shape index (κ2) is 7.17. The number of amides is 1. The second-order valence-corrected chi connectivity index (χ2v) is 5.46. The minimum atomic E-state index is 0.00126. The third-order valence-electron chi connectivity index (χ3n) is 3.70. The van der Waals surface area contributed by atoms with Gasteiger partial charge < -0.3 is 4.52 Å². The van der Waals surface area contributed by atoms with Crippen LogP contribution in [0.4, 0.5) is 0 Å². The first kappa shape index (κ1) is 14.7. The molecule has 1 aliphatic rings. The number of hydrogen-bond acceptors (Lipinski definition) is 5. The van der Waals surface area contributed by atoms with E-state index in [2.05, 4.69) is 15.6 Å². The van der Waals surface area contributed by atoms with Gasteiger partial charge in [-0.25, -0.2) is 5.01 Å². The molecule has 0 radical (unpaired) electrons. The quantitative estimate of drug-likeness (QED) is 0.916. The summed E-state index contributed by atoms with van der Waals surface area (Å²) in [7, 11) is 0. The monoisotopic (exact) mass is 300 g/mol. The van der Waals surface area contributed by atoms with Crippen LogP contribution in [-0.4, -0.2) is 34.1 Å². The van der Waals surface area contributed by atoms with Crippen LogP contribution in [0.3, 0.4) is 0 Å². The van der Waals surface area contributed by atoms with Gasteiger partial charge in [0.2, 0.25) is 17.6 Å². The maximum absolute atomic E-state index is 11.9. The summed E-state index contributed by atoms with van der Waals surface area (Å²) in [6.45, 7) is 1.87. The number of aromatic nitrogens is 2. The Hall–Kier alpha value is -2.21. The van der Waals surface area contributed by atoms with Gasteiger partial charge in [-0.2, -0.15) is 4.98 Å². The fourth-order valence-electron chi connectivity index (χ4n) is 2.52. The zero-order valence-corrected chi connectivity index (χ0v) is 12.5. The Morgan fingerprint density at radius 3 is 2.73 bits per heavy atom. The normalized spacial score (nSPS) is 15.6. The van der Waals surface area contributed by atoms with Gasteiger partial charge in [0, 0.05) is 31.5 Å². The molecule has 3 rings (SSSR count). The molecule has 0 unspecified atom stereocenters.